The molecule has 1 aromatic heterocycles. The lowest BCUT2D eigenvalue weighted by Gasteiger charge is -2.12. The third-order valence-electron chi connectivity index (χ3n) is 5.85. The minimum atomic E-state index is -0.436. The van der Waals surface area contributed by atoms with Crippen molar-refractivity contribution in [2.75, 3.05) is 12.4 Å². The molecular weight excluding hydrogens is 421 g/mol. The van der Waals surface area contributed by atoms with Gasteiger partial charge in [0.2, 0.25) is 5.91 Å². The Morgan fingerprint density at radius 3 is 2.58 bits per heavy atom. The summed E-state index contributed by atoms with van der Waals surface area (Å²) >= 11 is 0. The number of methoxy groups -OCH3 is 1. The Labute approximate surface area is 191 Å². The first-order valence-electron chi connectivity index (χ1n) is 10.7. The Bertz CT molecular complexity index is 1360. The van der Waals surface area contributed by atoms with Gasteiger partial charge < -0.3 is 10.1 Å². The SMILES string of the molecule is COc1cc(Cn2c3ccc(NC(=O)CC(C)c4ccccc4)cc3c(=O)n2C)ccc1F. The minimum Gasteiger partial charge on any atom is -0.494 e. The van der Waals surface area contributed by atoms with Gasteiger partial charge in [0.05, 0.1) is 24.6 Å². The van der Waals surface area contributed by atoms with Crippen molar-refractivity contribution in [1.29, 1.82) is 0 Å². The highest BCUT2D eigenvalue weighted by Crippen LogP contribution is 2.23. The largest absolute Gasteiger partial charge is 0.494 e. The Kier molecular flexibility index (Phi) is 6.31. The van der Waals surface area contributed by atoms with Crippen LogP contribution in [0.15, 0.2) is 71.5 Å². The second-order valence-corrected chi connectivity index (χ2v) is 8.15. The van der Waals surface area contributed by atoms with E-state index in [2.05, 4.69) is 5.32 Å². The van der Waals surface area contributed by atoms with E-state index in [4.69, 9.17) is 4.74 Å². The number of benzene rings is 3. The molecule has 1 unspecified atom stereocenters. The van der Waals surface area contributed by atoms with Crippen molar-refractivity contribution >= 4 is 22.5 Å². The van der Waals surface area contributed by atoms with Crippen LogP contribution in [-0.2, 0) is 18.4 Å². The summed E-state index contributed by atoms with van der Waals surface area (Å²) in [5, 5.41) is 3.41. The number of carbonyl (C=O) groups is 1. The molecule has 6 nitrogen and oxygen atoms in total. The molecule has 4 aromatic rings. The third kappa shape index (κ3) is 4.67. The van der Waals surface area contributed by atoms with Crippen LogP contribution in [0, 0.1) is 5.82 Å². The smallest absolute Gasteiger partial charge is 0.274 e. The van der Waals surface area contributed by atoms with Crippen molar-refractivity contribution < 1.29 is 13.9 Å². The number of aromatic nitrogens is 2. The number of hydrogen-bond donors (Lipinski definition) is 1. The van der Waals surface area contributed by atoms with Gasteiger partial charge in [-0.15, -0.1) is 0 Å². The maximum atomic E-state index is 13.7. The number of anilines is 1. The van der Waals surface area contributed by atoms with Gasteiger partial charge in [0.1, 0.15) is 0 Å². The van der Waals surface area contributed by atoms with E-state index >= 15 is 0 Å². The number of hydrogen-bond acceptors (Lipinski definition) is 3. The molecule has 1 N–H and O–H groups in total. The van der Waals surface area contributed by atoms with Crippen molar-refractivity contribution in [2.24, 2.45) is 7.05 Å². The molecule has 0 fully saturated rings. The van der Waals surface area contributed by atoms with Crippen molar-refractivity contribution in [3.63, 3.8) is 0 Å². The molecule has 1 heterocycles. The lowest BCUT2D eigenvalue weighted by atomic mass is 9.97. The first-order valence-corrected chi connectivity index (χ1v) is 10.7. The predicted molar refractivity (Wildman–Crippen MR) is 127 cm³/mol. The second-order valence-electron chi connectivity index (χ2n) is 8.15. The van der Waals surface area contributed by atoms with Crippen molar-refractivity contribution in [3.05, 3.63) is 94.0 Å². The highest BCUT2D eigenvalue weighted by Gasteiger charge is 2.15. The summed E-state index contributed by atoms with van der Waals surface area (Å²) in [5.74, 6) is -0.310. The van der Waals surface area contributed by atoms with Gasteiger partial charge in [0.25, 0.3) is 5.56 Å². The Hall–Kier alpha value is -3.87. The van der Waals surface area contributed by atoms with Crippen LogP contribution in [0.3, 0.4) is 0 Å². The molecule has 170 valence electrons. The molecule has 33 heavy (non-hydrogen) atoms. The van der Waals surface area contributed by atoms with Gasteiger partial charge in [-0.3, -0.25) is 19.0 Å². The third-order valence-corrected chi connectivity index (χ3v) is 5.85. The molecule has 3 aromatic carbocycles. The topological polar surface area (TPSA) is 65.3 Å². The fraction of sp³-hybridized carbons (Fsp3) is 0.231. The zero-order valence-electron chi connectivity index (χ0n) is 18.8. The first kappa shape index (κ1) is 22.3. The lowest BCUT2D eigenvalue weighted by Crippen LogP contribution is -2.19. The molecule has 1 atom stereocenters. The summed E-state index contributed by atoms with van der Waals surface area (Å²) in [6.45, 7) is 2.38. The van der Waals surface area contributed by atoms with Crippen LogP contribution >= 0.6 is 0 Å². The maximum absolute atomic E-state index is 13.7. The van der Waals surface area contributed by atoms with Crippen molar-refractivity contribution in [3.8, 4) is 5.75 Å². The van der Waals surface area contributed by atoms with Crippen LogP contribution in [0.4, 0.5) is 10.1 Å². The first-order chi connectivity index (χ1) is 15.9. The second kappa shape index (κ2) is 9.32. The van der Waals surface area contributed by atoms with Crippen LogP contribution in [0.25, 0.3) is 10.9 Å². The maximum Gasteiger partial charge on any atom is 0.274 e. The van der Waals surface area contributed by atoms with Gasteiger partial charge in [-0.25, -0.2) is 4.39 Å². The summed E-state index contributed by atoms with van der Waals surface area (Å²) in [6, 6.07) is 19.8. The van der Waals surface area contributed by atoms with Crippen LogP contribution in [0.2, 0.25) is 0 Å². The van der Waals surface area contributed by atoms with E-state index < -0.39 is 5.82 Å². The Balaban J connectivity index is 1.55. The normalized spacial score (nSPS) is 12.0. The van der Waals surface area contributed by atoms with Gasteiger partial charge in [-0.1, -0.05) is 43.3 Å². The van der Waals surface area contributed by atoms with Crippen molar-refractivity contribution in [2.45, 2.75) is 25.8 Å². The summed E-state index contributed by atoms with van der Waals surface area (Å²) in [7, 11) is 3.10. The molecule has 4 rings (SSSR count). The summed E-state index contributed by atoms with van der Waals surface area (Å²) < 4.78 is 22.1. The Morgan fingerprint density at radius 2 is 1.85 bits per heavy atom. The van der Waals surface area contributed by atoms with E-state index in [-0.39, 0.29) is 23.1 Å². The molecule has 7 heteroatoms. The molecule has 0 saturated heterocycles. The summed E-state index contributed by atoms with van der Waals surface area (Å²) in [6.07, 6.45) is 0.341. The number of nitrogens with zero attached hydrogens (tertiary/aromatic N) is 2. The van der Waals surface area contributed by atoms with Gasteiger partial charge in [-0.05, 0) is 47.4 Å². The number of fused-ring (bicyclic) bond motifs is 1. The number of nitrogens with one attached hydrogen (secondary N) is 1. The zero-order chi connectivity index (χ0) is 23.5. The number of carbonyl (C=O) groups excluding carboxylic acids is 1. The van der Waals surface area contributed by atoms with Gasteiger partial charge in [0, 0.05) is 19.2 Å². The zero-order valence-corrected chi connectivity index (χ0v) is 18.8. The lowest BCUT2D eigenvalue weighted by molar-refractivity contribution is -0.116. The highest BCUT2D eigenvalue weighted by atomic mass is 19.1. The number of rotatable bonds is 7. The van der Waals surface area contributed by atoms with E-state index in [0.29, 0.717) is 24.0 Å². The van der Waals surface area contributed by atoms with E-state index in [9.17, 15) is 14.0 Å². The van der Waals surface area contributed by atoms with Crippen LogP contribution in [0.1, 0.15) is 30.4 Å². The molecule has 0 aliphatic heterocycles. The van der Waals surface area contributed by atoms with E-state index in [0.717, 1.165) is 16.6 Å². The molecule has 0 aliphatic rings. The monoisotopic (exact) mass is 447 g/mol. The minimum absolute atomic E-state index is 0.0802. The van der Waals surface area contributed by atoms with Gasteiger partial charge in [-0.2, -0.15) is 0 Å². The van der Waals surface area contributed by atoms with Crippen LogP contribution in [-0.4, -0.2) is 22.4 Å². The molecule has 1 amide bonds. The molecule has 0 saturated carbocycles. The van der Waals surface area contributed by atoms with Crippen molar-refractivity contribution in [1.82, 2.24) is 9.36 Å². The predicted octanol–water partition coefficient (Wildman–Crippen LogP) is 4.67. The quantitative estimate of drug-likeness (QED) is 0.448. The van der Waals surface area contributed by atoms with Gasteiger partial charge in [0.15, 0.2) is 11.6 Å². The van der Waals surface area contributed by atoms with E-state index in [1.807, 2.05) is 48.0 Å². The number of amides is 1. The fourth-order valence-electron chi connectivity index (χ4n) is 4.01. The molecular formula is C26H26FN3O3. The number of halogens is 1. The standard InChI is InChI=1S/C26H26FN3O3/c1-17(19-7-5-4-6-8-19)13-25(31)28-20-10-12-23-21(15-20)26(32)29(2)30(23)16-18-9-11-22(27)24(14-18)33-3/h4-12,14-15,17H,13,16H2,1-3H3,(H,28,31). The molecule has 0 spiro atoms. The summed E-state index contributed by atoms with van der Waals surface area (Å²) in [5.41, 5.74) is 3.03. The van der Waals surface area contributed by atoms with Gasteiger partial charge >= 0.3 is 0 Å². The average molecular weight is 448 g/mol. The summed E-state index contributed by atoms with van der Waals surface area (Å²) in [4.78, 5) is 25.4. The van der Waals surface area contributed by atoms with Crippen LogP contribution in [0.5, 0.6) is 5.75 Å². The van der Waals surface area contributed by atoms with Crippen LogP contribution < -0.4 is 15.6 Å². The molecule has 0 radical (unpaired) electrons. The average Bonchev–Trinajstić information content (AvgIpc) is 3.05. The Morgan fingerprint density at radius 1 is 1.09 bits per heavy atom. The fourth-order valence-corrected chi connectivity index (χ4v) is 4.01. The van der Waals surface area contributed by atoms with E-state index in [1.54, 1.807) is 31.3 Å². The van der Waals surface area contributed by atoms with E-state index in [1.165, 1.54) is 17.9 Å². The number of ether oxygens (including phenoxy) is 1. The highest BCUT2D eigenvalue weighted by molar-refractivity contribution is 5.94. The molecule has 0 bridgehead atoms. The molecule has 0 aliphatic carbocycles.